The van der Waals surface area contributed by atoms with Crippen LogP contribution in [0.3, 0.4) is 0 Å². The van der Waals surface area contributed by atoms with E-state index in [1.54, 1.807) is 56.3 Å². The lowest BCUT2D eigenvalue weighted by molar-refractivity contribution is -0.0507. The van der Waals surface area contributed by atoms with Crippen molar-refractivity contribution in [2.24, 2.45) is 0 Å². The molecule has 182 valence electrons. The lowest BCUT2D eigenvalue weighted by Crippen LogP contribution is -2.13. The zero-order chi connectivity index (χ0) is 24.9. The largest absolute Gasteiger partial charge is 0.434 e. The molecule has 35 heavy (non-hydrogen) atoms. The van der Waals surface area contributed by atoms with Crippen molar-refractivity contribution in [2.75, 3.05) is 0 Å². The molecule has 0 saturated heterocycles. The Labute approximate surface area is 201 Å². The summed E-state index contributed by atoms with van der Waals surface area (Å²) in [5.74, 6) is 0.528. The molecule has 0 spiro atoms. The van der Waals surface area contributed by atoms with Crippen LogP contribution >= 0.6 is 0 Å². The van der Waals surface area contributed by atoms with E-state index in [2.05, 4.69) is 4.98 Å². The van der Waals surface area contributed by atoms with Crippen LogP contribution < -0.4 is 4.74 Å². The van der Waals surface area contributed by atoms with Crippen molar-refractivity contribution >= 4 is 20.9 Å². The molecular weight excluding hydrogens is 474 g/mol. The molecule has 4 aromatic rings. The van der Waals surface area contributed by atoms with Crippen LogP contribution in [0.5, 0.6) is 5.75 Å². The first-order valence-corrected chi connectivity index (χ1v) is 12.8. The van der Waals surface area contributed by atoms with Crippen molar-refractivity contribution in [3.05, 3.63) is 78.1 Å². The van der Waals surface area contributed by atoms with E-state index in [0.29, 0.717) is 16.9 Å². The van der Waals surface area contributed by atoms with Gasteiger partial charge in [-0.3, -0.25) is 0 Å². The van der Waals surface area contributed by atoms with Crippen LogP contribution in [-0.2, 0) is 9.84 Å². The number of alkyl halides is 2. The van der Waals surface area contributed by atoms with Gasteiger partial charge in [-0.2, -0.15) is 8.78 Å². The van der Waals surface area contributed by atoms with Gasteiger partial charge < -0.3 is 14.4 Å². The molecule has 0 fully saturated rings. The summed E-state index contributed by atoms with van der Waals surface area (Å²) in [6.45, 7) is 0.329. The first-order chi connectivity index (χ1) is 16.7. The minimum absolute atomic E-state index is 0.0625. The van der Waals surface area contributed by atoms with Crippen molar-refractivity contribution in [1.82, 2.24) is 9.55 Å². The molecular formula is C26H24F2N2O4S. The van der Waals surface area contributed by atoms with E-state index >= 15 is 0 Å². The maximum absolute atomic E-state index is 13.0. The van der Waals surface area contributed by atoms with Crippen molar-refractivity contribution in [3.63, 3.8) is 0 Å². The van der Waals surface area contributed by atoms with Gasteiger partial charge in [0.05, 0.1) is 27.2 Å². The summed E-state index contributed by atoms with van der Waals surface area (Å²) < 4.78 is 57.5. The Bertz CT molecular complexity index is 1500. The van der Waals surface area contributed by atoms with Gasteiger partial charge in [-0.05, 0) is 55.3 Å². The molecule has 1 N–H and O–H groups in total. The number of hydrogen-bond donors (Lipinski definition) is 1. The zero-order valence-corrected chi connectivity index (χ0v) is 19.9. The number of imidazole rings is 1. The number of fused-ring (bicyclic) bond motifs is 3. The highest BCUT2D eigenvalue weighted by Gasteiger charge is 2.35. The lowest BCUT2D eigenvalue weighted by atomic mass is 10.0. The fourth-order valence-corrected chi connectivity index (χ4v) is 5.67. The maximum atomic E-state index is 13.0. The molecule has 0 aliphatic carbocycles. The fraction of sp³-hybridized carbons (Fsp3) is 0.269. The Balaban J connectivity index is 1.59. The van der Waals surface area contributed by atoms with Crippen molar-refractivity contribution < 1.29 is 27.0 Å². The number of ether oxygens (including phenoxy) is 1. The summed E-state index contributed by atoms with van der Waals surface area (Å²) in [4.78, 5) is 4.85. The van der Waals surface area contributed by atoms with Gasteiger partial charge in [-0.15, -0.1) is 0 Å². The number of aromatic nitrogens is 2. The highest BCUT2D eigenvalue weighted by Crippen LogP contribution is 2.44. The van der Waals surface area contributed by atoms with E-state index in [1.807, 2.05) is 22.8 Å². The molecule has 5 rings (SSSR count). The highest BCUT2D eigenvalue weighted by atomic mass is 32.2. The number of sulfone groups is 1. The Morgan fingerprint density at radius 3 is 2.40 bits per heavy atom. The molecule has 1 aliphatic heterocycles. The molecule has 0 bridgehead atoms. The molecule has 0 amide bonds. The fourth-order valence-electron chi connectivity index (χ4n) is 4.61. The number of rotatable bonds is 6. The Hall–Kier alpha value is -3.30. The van der Waals surface area contributed by atoms with Crippen LogP contribution in [0, 0.1) is 0 Å². The minimum atomic E-state index is -3.37. The summed E-state index contributed by atoms with van der Waals surface area (Å²) in [6, 6.07) is 18.5. The van der Waals surface area contributed by atoms with Crippen molar-refractivity contribution in [2.45, 2.75) is 49.2 Å². The second kappa shape index (κ2) is 8.73. The number of para-hydroxylation sites is 1. The molecule has 2 atom stereocenters. The van der Waals surface area contributed by atoms with Crippen LogP contribution in [0.2, 0.25) is 0 Å². The van der Waals surface area contributed by atoms with Gasteiger partial charge in [0.1, 0.15) is 17.7 Å². The van der Waals surface area contributed by atoms with Crippen LogP contribution in [0.15, 0.2) is 71.6 Å². The molecule has 0 radical (unpaired) electrons. The van der Waals surface area contributed by atoms with Gasteiger partial charge in [0.2, 0.25) is 0 Å². The van der Waals surface area contributed by atoms with Crippen LogP contribution in [0.1, 0.15) is 43.8 Å². The second-order valence-electron chi connectivity index (χ2n) is 8.85. The van der Waals surface area contributed by atoms with Crippen LogP contribution in [-0.4, -0.2) is 34.9 Å². The van der Waals surface area contributed by atoms with E-state index in [0.717, 1.165) is 16.6 Å². The van der Waals surface area contributed by atoms with E-state index in [1.165, 1.54) is 6.07 Å². The third-order valence-electron chi connectivity index (χ3n) is 6.40. The maximum Gasteiger partial charge on any atom is 0.387 e. The molecule has 9 heteroatoms. The van der Waals surface area contributed by atoms with E-state index in [9.17, 15) is 22.3 Å². The molecule has 0 saturated carbocycles. The Kier molecular flexibility index (Phi) is 5.85. The number of halogens is 2. The normalized spacial score (nSPS) is 17.9. The van der Waals surface area contributed by atoms with E-state index < -0.39 is 33.8 Å². The SMILES string of the molecule is CC(C)S(=O)(=O)c1ccc(-c2ccc3nc4n(c3c2)[C@@H](c2ccccc2OC(F)F)C[C@H]4O)cc1. The van der Waals surface area contributed by atoms with Gasteiger partial charge in [0.15, 0.2) is 9.84 Å². The second-order valence-corrected chi connectivity index (χ2v) is 11.3. The molecule has 1 aromatic heterocycles. The third kappa shape index (κ3) is 4.08. The van der Waals surface area contributed by atoms with Gasteiger partial charge in [0.25, 0.3) is 0 Å². The first-order valence-electron chi connectivity index (χ1n) is 11.2. The standard InChI is InChI=1S/C26H24F2N2O4S/c1-15(2)35(32,33)18-10-7-16(8-11-18)17-9-12-20-22(13-17)30-21(14-23(31)25(30)29-20)19-5-3-4-6-24(19)34-26(27)28/h3-13,15,21,23,26,31H,14H2,1-2H3/t21-,23-/m1/s1. The van der Waals surface area contributed by atoms with Crippen LogP contribution in [0.4, 0.5) is 8.78 Å². The smallest absolute Gasteiger partial charge is 0.387 e. The quantitative estimate of drug-likeness (QED) is 0.379. The van der Waals surface area contributed by atoms with Gasteiger partial charge in [-0.25, -0.2) is 13.4 Å². The van der Waals surface area contributed by atoms with E-state index in [4.69, 9.17) is 4.74 Å². The van der Waals surface area contributed by atoms with Crippen LogP contribution in [0.25, 0.3) is 22.2 Å². The van der Waals surface area contributed by atoms with Gasteiger partial charge in [-0.1, -0.05) is 36.4 Å². The molecule has 6 nitrogen and oxygen atoms in total. The number of benzene rings is 3. The number of aliphatic hydroxyl groups is 1. The molecule has 0 unspecified atom stereocenters. The third-order valence-corrected chi connectivity index (χ3v) is 8.57. The predicted octanol–water partition coefficient (Wildman–Crippen LogP) is 5.51. The zero-order valence-electron chi connectivity index (χ0n) is 19.1. The van der Waals surface area contributed by atoms with Crippen molar-refractivity contribution in [1.29, 1.82) is 0 Å². The summed E-state index contributed by atoms with van der Waals surface area (Å²) in [6.07, 6.45) is -0.565. The number of nitrogens with zero attached hydrogens (tertiary/aromatic N) is 2. The average Bonchev–Trinajstić information content (AvgIpc) is 3.36. The molecule has 3 aromatic carbocycles. The summed E-state index contributed by atoms with van der Waals surface area (Å²) in [7, 11) is -3.37. The lowest BCUT2D eigenvalue weighted by Gasteiger charge is -2.19. The Morgan fingerprint density at radius 1 is 1.03 bits per heavy atom. The monoisotopic (exact) mass is 498 g/mol. The minimum Gasteiger partial charge on any atom is -0.434 e. The number of hydrogen-bond acceptors (Lipinski definition) is 5. The van der Waals surface area contributed by atoms with Gasteiger partial charge >= 0.3 is 6.61 Å². The highest BCUT2D eigenvalue weighted by molar-refractivity contribution is 7.92. The molecule has 1 aliphatic rings. The summed E-state index contributed by atoms with van der Waals surface area (Å²) in [5, 5.41) is 10.2. The van der Waals surface area contributed by atoms with E-state index in [-0.39, 0.29) is 17.1 Å². The summed E-state index contributed by atoms with van der Waals surface area (Å²) >= 11 is 0. The van der Waals surface area contributed by atoms with Gasteiger partial charge in [0, 0.05) is 12.0 Å². The predicted molar refractivity (Wildman–Crippen MR) is 128 cm³/mol. The first kappa shape index (κ1) is 23.4. The molecule has 2 heterocycles. The number of aliphatic hydroxyl groups excluding tert-OH is 1. The van der Waals surface area contributed by atoms with Crippen molar-refractivity contribution in [3.8, 4) is 16.9 Å². The average molecular weight is 499 g/mol. The summed E-state index contributed by atoms with van der Waals surface area (Å²) in [5.41, 5.74) is 3.61. The topological polar surface area (TPSA) is 81.4 Å². The Morgan fingerprint density at radius 2 is 1.71 bits per heavy atom.